The van der Waals surface area contributed by atoms with Crippen LogP contribution in [0.5, 0.6) is 0 Å². The smallest absolute Gasteiger partial charge is 0.234 e. The molecule has 0 aromatic heterocycles. The predicted octanol–water partition coefficient (Wildman–Crippen LogP) is 0.816. The van der Waals surface area contributed by atoms with Crippen molar-refractivity contribution >= 4 is 5.91 Å². The van der Waals surface area contributed by atoms with Crippen LogP contribution in [0.3, 0.4) is 0 Å². The van der Waals surface area contributed by atoms with E-state index in [-0.39, 0.29) is 17.6 Å². The molecule has 1 amide bonds. The highest BCUT2D eigenvalue weighted by Crippen LogP contribution is 2.42. The zero-order valence-electron chi connectivity index (χ0n) is 12.1. The summed E-state index contributed by atoms with van der Waals surface area (Å²) >= 11 is 0. The van der Waals surface area contributed by atoms with Crippen LogP contribution in [0, 0.1) is 11.8 Å². The Labute approximate surface area is 120 Å². The minimum absolute atomic E-state index is 0.0499. The predicted molar refractivity (Wildman–Crippen MR) is 75.2 cm³/mol. The van der Waals surface area contributed by atoms with Gasteiger partial charge in [-0.3, -0.25) is 4.79 Å². The molecule has 0 aromatic carbocycles. The molecule has 0 bridgehead atoms. The van der Waals surface area contributed by atoms with Gasteiger partial charge in [0, 0.05) is 19.8 Å². The lowest BCUT2D eigenvalue weighted by atomic mass is 9.71. The van der Waals surface area contributed by atoms with Gasteiger partial charge in [0.1, 0.15) is 0 Å². The van der Waals surface area contributed by atoms with E-state index in [9.17, 15) is 4.79 Å². The number of nitrogens with two attached hydrogens (primary N) is 1. The number of primary amides is 1. The van der Waals surface area contributed by atoms with Gasteiger partial charge in [0.15, 0.2) is 0 Å². The molecule has 1 spiro atoms. The molecule has 20 heavy (non-hydrogen) atoms. The number of rotatable bonds is 2. The summed E-state index contributed by atoms with van der Waals surface area (Å²) in [4.78, 5) is 11.4. The first kappa shape index (κ1) is 14.3. The molecule has 3 N–H and O–H groups in total. The maximum Gasteiger partial charge on any atom is 0.234 e. The fourth-order valence-corrected chi connectivity index (χ4v) is 4.15. The molecule has 0 radical (unpaired) electrons. The number of hydrogen-bond donors (Lipinski definition) is 2. The first-order chi connectivity index (χ1) is 9.69. The van der Waals surface area contributed by atoms with Crippen molar-refractivity contribution in [3.63, 3.8) is 0 Å². The SMILES string of the molecule is NC(=O)C1CC(C2CCOC3(CCOCC3)C2)CCN1. The lowest BCUT2D eigenvalue weighted by molar-refractivity contribution is -0.154. The second-order valence-electron chi connectivity index (χ2n) is 6.59. The van der Waals surface area contributed by atoms with E-state index in [0.29, 0.717) is 11.8 Å². The van der Waals surface area contributed by atoms with E-state index in [4.69, 9.17) is 15.2 Å². The first-order valence-electron chi connectivity index (χ1n) is 7.93. The Bertz CT molecular complexity index is 350. The summed E-state index contributed by atoms with van der Waals surface area (Å²) in [6.45, 7) is 3.41. The second-order valence-corrected chi connectivity index (χ2v) is 6.59. The largest absolute Gasteiger partial charge is 0.381 e. The second kappa shape index (κ2) is 6.00. The van der Waals surface area contributed by atoms with Crippen molar-refractivity contribution < 1.29 is 14.3 Å². The molecule has 3 aliphatic heterocycles. The average Bonchev–Trinajstić information content (AvgIpc) is 2.48. The van der Waals surface area contributed by atoms with Gasteiger partial charge in [0.25, 0.3) is 0 Å². The number of hydrogen-bond acceptors (Lipinski definition) is 4. The highest BCUT2D eigenvalue weighted by atomic mass is 16.5. The van der Waals surface area contributed by atoms with Gasteiger partial charge >= 0.3 is 0 Å². The third kappa shape index (κ3) is 3.00. The Balaban J connectivity index is 1.62. The van der Waals surface area contributed by atoms with Crippen LogP contribution < -0.4 is 11.1 Å². The van der Waals surface area contributed by atoms with Gasteiger partial charge in [-0.1, -0.05) is 0 Å². The fourth-order valence-electron chi connectivity index (χ4n) is 4.15. The molecular weight excluding hydrogens is 256 g/mol. The number of amides is 1. The van der Waals surface area contributed by atoms with Crippen molar-refractivity contribution in [2.24, 2.45) is 17.6 Å². The summed E-state index contributed by atoms with van der Waals surface area (Å²) in [5, 5.41) is 3.23. The Morgan fingerprint density at radius 3 is 2.70 bits per heavy atom. The van der Waals surface area contributed by atoms with Gasteiger partial charge in [0.2, 0.25) is 5.91 Å². The van der Waals surface area contributed by atoms with Crippen molar-refractivity contribution in [1.82, 2.24) is 5.32 Å². The molecule has 0 aliphatic carbocycles. The van der Waals surface area contributed by atoms with Crippen LogP contribution in [0.15, 0.2) is 0 Å². The Hall–Kier alpha value is -0.650. The number of carbonyl (C=O) groups excluding carboxylic acids is 1. The summed E-state index contributed by atoms with van der Waals surface area (Å²) in [6.07, 6.45) is 6.35. The van der Waals surface area contributed by atoms with E-state index in [2.05, 4.69) is 5.32 Å². The first-order valence-corrected chi connectivity index (χ1v) is 7.93. The van der Waals surface area contributed by atoms with Gasteiger partial charge in [-0.25, -0.2) is 0 Å². The normalized spacial score (nSPS) is 37.7. The molecule has 0 saturated carbocycles. The minimum Gasteiger partial charge on any atom is -0.381 e. The molecule has 3 unspecified atom stereocenters. The van der Waals surface area contributed by atoms with Gasteiger partial charge in [0.05, 0.1) is 11.6 Å². The molecule has 5 heteroatoms. The van der Waals surface area contributed by atoms with Crippen LogP contribution >= 0.6 is 0 Å². The highest BCUT2D eigenvalue weighted by molar-refractivity contribution is 5.79. The van der Waals surface area contributed by atoms with Crippen LogP contribution in [-0.4, -0.2) is 43.9 Å². The molecule has 3 heterocycles. The molecule has 3 aliphatic rings. The summed E-state index contributed by atoms with van der Waals surface area (Å²) in [5.74, 6) is 1.07. The van der Waals surface area contributed by atoms with E-state index >= 15 is 0 Å². The van der Waals surface area contributed by atoms with Crippen molar-refractivity contribution in [2.75, 3.05) is 26.4 Å². The summed E-state index contributed by atoms with van der Waals surface area (Å²) in [7, 11) is 0. The van der Waals surface area contributed by atoms with Gasteiger partial charge in [-0.05, 0) is 56.9 Å². The standard InChI is InChI=1S/C15H26N2O3/c16-14(18)13-9-11(1-5-17-13)12-2-6-20-15(10-12)3-7-19-8-4-15/h11-13,17H,1-10H2,(H2,16,18). The van der Waals surface area contributed by atoms with Gasteiger partial charge < -0.3 is 20.5 Å². The van der Waals surface area contributed by atoms with Crippen molar-refractivity contribution in [1.29, 1.82) is 0 Å². The van der Waals surface area contributed by atoms with E-state index in [1.54, 1.807) is 0 Å². The zero-order valence-corrected chi connectivity index (χ0v) is 12.1. The number of carbonyl (C=O) groups is 1. The summed E-state index contributed by atoms with van der Waals surface area (Å²) in [5.41, 5.74) is 5.50. The van der Waals surface area contributed by atoms with Crippen molar-refractivity contribution in [3.8, 4) is 0 Å². The summed E-state index contributed by atoms with van der Waals surface area (Å²) < 4.78 is 11.6. The third-order valence-electron chi connectivity index (χ3n) is 5.39. The number of piperidine rings is 1. The van der Waals surface area contributed by atoms with Crippen LogP contribution in [-0.2, 0) is 14.3 Å². The third-order valence-corrected chi connectivity index (χ3v) is 5.39. The van der Waals surface area contributed by atoms with Gasteiger partial charge in [-0.15, -0.1) is 0 Å². The highest BCUT2D eigenvalue weighted by Gasteiger charge is 2.42. The lowest BCUT2D eigenvalue weighted by Crippen LogP contribution is -2.50. The Morgan fingerprint density at radius 1 is 1.15 bits per heavy atom. The van der Waals surface area contributed by atoms with Gasteiger partial charge in [-0.2, -0.15) is 0 Å². The molecule has 3 fully saturated rings. The van der Waals surface area contributed by atoms with Crippen LogP contribution in [0.2, 0.25) is 0 Å². The molecule has 5 nitrogen and oxygen atoms in total. The molecule has 3 rings (SSSR count). The molecule has 3 saturated heterocycles. The Morgan fingerprint density at radius 2 is 1.95 bits per heavy atom. The average molecular weight is 282 g/mol. The topological polar surface area (TPSA) is 73.6 Å². The van der Waals surface area contributed by atoms with Crippen molar-refractivity contribution in [3.05, 3.63) is 0 Å². The molecule has 3 atom stereocenters. The quantitative estimate of drug-likeness (QED) is 0.786. The van der Waals surface area contributed by atoms with Crippen LogP contribution in [0.4, 0.5) is 0 Å². The maximum absolute atomic E-state index is 11.4. The fraction of sp³-hybridized carbons (Fsp3) is 0.933. The molecule has 114 valence electrons. The number of ether oxygens (including phenoxy) is 2. The maximum atomic E-state index is 11.4. The van der Waals surface area contributed by atoms with E-state index in [0.717, 1.165) is 64.9 Å². The summed E-state index contributed by atoms with van der Waals surface area (Å²) in [6, 6.07) is -0.137. The van der Waals surface area contributed by atoms with E-state index in [1.807, 2.05) is 0 Å². The monoisotopic (exact) mass is 282 g/mol. The van der Waals surface area contributed by atoms with Crippen LogP contribution in [0.1, 0.15) is 38.5 Å². The Kier molecular flexibility index (Phi) is 4.29. The number of nitrogens with one attached hydrogen (secondary N) is 1. The molecule has 0 aromatic rings. The van der Waals surface area contributed by atoms with Crippen LogP contribution in [0.25, 0.3) is 0 Å². The van der Waals surface area contributed by atoms with E-state index in [1.165, 1.54) is 0 Å². The lowest BCUT2D eigenvalue weighted by Gasteiger charge is -2.46. The zero-order chi connectivity index (χ0) is 14.0. The van der Waals surface area contributed by atoms with E-state index < -0.39 is 0 Å². The molecular formula is C15H26N2O3. The van der Waals surface area contributed by atoms with Crippen molar-refractivity contribution in [2.45, 2.75) is 50.2 Å². The minimum atomic E-state index is -0.206.